The summed E-state index contributed by atoms with van der Waals surface area (Å²) < 4.78 is 40.3. The number of carbonyl (C=O) groups is 1. The summed E-state index contributed by atoms with van der Waals surface area (Å²) in [5, 5.41) is 9.65. The lowest BCUT2D eigenvalue weighted by Crippen LogP contribution is -2.30. The Kier molecular flexibility index (Phi) is 7.02. The molecule has 27 heavy (non-hydrogen) atoms. The fourth-order valence-electron chi connectivity index (χ4n) is 3.04. The van der Waals surface area contributed by atoms with E-state index in [0.29, 0.717) is 17.0 Å². The summed E-state index contributed by atoms with van der Waals surface area (Å²) >= 11 is 0. The minimum absolute atomic E-state index is 0.0218. The van der Waals surface area contributed by atoms with Crippen LogP contribution in [0.2, 0.25) is 0 Å². The predicted octanol–water partition coefficient (Wildman–Crippen LogP) is 3.45. The standard InChI is InChI=1S/C19H20F2N2O4/c1-11-14(10-22)17(13-6-4-5-7-15(13)27-19(20)21)16(12(2)23-11)18(24)26-9-8-25-3/h4-7,14,17,19H,8-9H2,1-3H3/t14?,17-/m0/s1. The zero-order valence-electron chi connectivity index (χ0n) is 15.2. The number of benzene rings is 1. The second kappa shape index (κ2) is 9.24. The number of carbonyl (C=O) groups excluding carboxylic acids is 1. The number of aliphatic imine (C=N–C) groups is 1. The Morgan fingerprint density at radius 3 is 2.63 bits per heavy atom. The molecule has 1 aromatic rings. The number of alkyl halides is 2. The number of methoxy groups -OCH3 is 1. The van der Waals surface area contributed by atoms with Gasteiger partial charge in [0.15, 0.2) is 0 Å². The van der Waals surface area contributed by atoms with Crippen molar-refractivity contribution in [2.24, 2.45) is 10.9 Å². The van der Waals surface area contributed by atoms with Gasteiger partial charge >= 0.3 is 12.6 Å². The molecular weight excluding hydrogens is 358 g/mol. The molecule has 0 aromatic heterocycles. The number of nitriles is 1. The molecule has 1 heterocycles. The zero-order valence-corrected chi connectivity index (χ0v) is 15.2. The van der Waals surface area contributed by atoms with Crippen molar-refractivity contribution < 1.29 is 27.8 Å². The highest BCUT2D eigenvalue weighted by atomic mass is 19.3. The van der Waals surface area contributed by atoms with Crippen molar-refractivity contribution in [3.63, 3.8) is 0 Å². The van der Waals surface area contributed by atoms with Crippen LogP contribution in [0, 0.1) is 17.2 Å². The summed E-state index contributed by atoms with van der Waals surface area (Å²) in [4.78, 5) is 17.0. The molecule has 8 heteroatoms. The monoisotopic (exact) mass is 378 g/mol. The first-order valence-electron chi connectivity index (χ1n) is 8.26. The van der Waals surface area contributed by atoms with E-state index >= 15 is 0 Å². The smallest absolute Gasteiger partial charge is 0.387 e. The van der Waals surface area contributed by atoms with E-state index in [1.54, 1.807) is 32.0 Å². The van der Waals surface area contributed by atoms with Crippen LogP contribution in [0.25, 0.3) is 0 Å². The second-order valence-corrected chi connectivity index (χ2v) is 5.88. The fourth-order valence-corrected chi connectivity index (χ4v) is 3.04. The van der Waals surface area contributed by atoms with Gasteiger partial charge in [0.05, 0.1) is 24.2 Å². The molecule has 1 aliphatic heterocycles. The molecule has 2 rings (SSSR count). The lowest BCUT2D eigenvalue weighted by Gasteiger charge is -2.30. The van der Waals surface area contributed by atoms with Gasteiger partial charge in [-0.15, -0.1) is 0 Å². The molecule has 144 valence electrons. The number of ether oxygens (including phenoxy) is 3. The summed E-state index contributed by atoms with van der Waals surface area (Å²) in [6.07, 6.45) is 0. The van der Waals surface area contributed by atoms with Gasteiger partial charge in [-0.2, -0.15) is 14.0 Å². The van der Waals surface area contributed by atoms with Gasteiger partial charge in [-0.3, -0.25) is 4.99 Å². The molecule has 0 radical (unpaired) electrons. The lowest BCUT2D eigenvalue weighted by atomic mass is 9.76. The number of hydrogen-bond donors (Lipinski definition) is 0. The van der Waals surface area contributed by atoms with Gasteiger partial charge in [-0.05, 0) is 19.9 Å². The third kappa shape index (κ3) is 4.68. The molecule has 0 saturated heterocycles. The van der Waals surface area contributed by atoms with Crippen LogP contribution in [0.5, 0.6) is 5.75 Å². The highest BCUT2D eigenvalue weighted by Crippen LogP contribution is 2.42. The van der Waals surface area contributed by atoms with Crippen molar-refractivity contribution in [2.45, 2.75) is 26.4 Å². The second-order valence-electron chi connectivity index (χ2n) is 5.88. The number of nitrogens with zero attached hydrogens (tertiary/aromatic N) is 2. The molecule has 0 aliphatic carbocycles. The average Bonchev–Trinajstić information content (AvgIpc) is 2.61. The molecular formula is C19H20F2N2O4. The van der Waals surface area contributed by atoms with Crippen LogP contribution in [0.3, 0.4) is 0 Å². The molecule has 0 amide bonds. The maximum atomic E-state index is 12.8. The maximum Gasteiger partial charge on any atom is 0.387 e. The zero-order chi connectivity index (χ0) is 20.0. The van der Waals surface area contributed by atoms with Crippen molar-refractivity contribution in [3.8, 4) is 11.8 Å². The van der Waals surface area contributed by atoms with Crippen molar-refractivity contribution in [1.29, 1.82) is 5.26 Å². The van der Waals surface area contributed by atoms with E-state index in [2.05, 4.69) is 15.8 Å². The molecule has 1 aromatic carbocycles. The van der Waals surface area contributed by atoms with Gasteiger partial charge in [-0.1, -0.05) is 18.2 Å². The molecule has 1 aliphatic rings. The SMILES string of the molecule is COCCOC(=O)C1=C(C)N=C(C)C(C#N)[C@@H]1c1ccccc1OC(F)F. The van der Waals surface area contributed by atoms with Crippen LogP contribution >= 0.6 is 0 Å². The Labute approximate surface area is 156 Å². The van der Waals surface area contributed by atoms with Crippen molar-refractivity contribution in [2.75, 3.05) is 20.3 Å². The minimum Gasteiger partial charge on any atom is -0.460 e. The van der Waals surface area contributed by atoms with E-state index in [1.807, 2.05) is 0 Å². The van der Waals surface area contributed by atoms with Crippen LogP contribution in [0.4, 0.5) is 8.78 Å². The summed E-state index contributed by atoms with van der Waals surface area (Å²) in [5.41, 5.74) is 1.31. The van der Waals surface area contributed by atoms with Gasteiger partial charge in [-0.25, -0.2) is 4.79 Å². The number of hydrogen-bond acceptors (Lipinski definition) is 6. The summed E-state index contributed by atoms with van der Waals surface area (Å²) in [6, 6.07) is 8.22. The van der Waals surface area contributed by atoms with Gasteiger partial charge in [0.2, 0.25) is 0 Å². The topological polar surface area (TPSA) is 80.9 Å². The minimum atomic E-state index is -3.03. The average molecular weight is 378 g/mol. The van der Waals surface area contributed by atoms with Gasteiger partial charge in [0.1, 0.15) is 12.4 Å². The third-order valence-corrected chi connectivity index (χ3v) is 4.18. The Morgan fingerprint density at radius 1 is 1.30 bits per heavy atom. The van der Waals surface area contributed by atoms with Gasteiger partial charge in [0.25, 0.3) is 0 Å². The van der Waals surface area contributed by atoms with Crippen molar-refractivity contribution >= 4 is 11.7 Å². The molecule has 0 fully saturated rings. The normalized spacial score (nSPS) is 19.5. The summed E-state index contributed by atoms with van der Waals surface area (Å²) in [7, 11) is 1.47. The first kappa shape index (κ1) is 20.5. The first-order chi connectivity index (χ1) is 12.9. The Morgan fingerprint density at radius 2 is 2.00 bits per heavy atom. The number of para-hydroxylation sites is 1. The highest BCUT2D eigenvalue weighted by molar-refractivity contribution is 5.98. The van der Waals surface area contributed by atoms with Gasteiger partial charge < -0.3 is 14.2 Å². The molecule has 6 nitrogen and oxygen atoms in total. The molecule has 0 spiro atoms. The molecule has 0 N–H and O–H groups in total. The van der Waals surface area contributed by atoms with Crippen molar-refractivity contribution in [3.05, 3.63) is 41.1 Å². The van der Waals surface area contributed by atoms with Crippen LogP contribution in [0.15, 0.2) is 40.5 Å². The number of rotatable bonds is 7. The van der Waals surface area contributed by atoms with E-state index in [1.165, 1.54) is 13.2 Å². The van der Waals surface area contributed by atoms with E-state index in [0.717, 1.165) is 0 Å². The molecule has 0 bridgehead atoms. The Hall–Kier alpha value is -2.79. The Bertz CT molecular complexity index is 799. The molecule has 2 atom stereocenters. The largest absolute Gasteiger partial charge is 0.460 e. The van der Waals surface area contributed by atoms with Crippen LogP contribution in [0.1, 0.15) is 25.3 Å². The van der Waals surface area contributed by atoms with Gasteiger partial charge in [0, 0.05) is 30.0 Å². The summed E-state index contributed by atoms with van der Waals surface area (Å²) in [5.74, 6) is -2.42. The number of allylic oxidation sites excluding steroid dienone is 1. The van der Waals surface area contributed by atoms with Crippen molar-refractivity contribution in [1.82, 2.24) is 0 Å². The lowest BCUT2D eigenvalue weighted by molar-refractivity contribution is -0.140. The third-order valence-electron chi connectivity index (χ3n) is 4.18. The fraction of sp³-hybridized carbons (Fsp3) is 0.421. The van der Waals surface area contributed by atoms with Crippen LogP contribution < -0.4 is 4.74 Å². The Balaban J connectivity index is 2.54. The number of halogens is 2. The van der Waals surface area contributed by atoms with E-state index in [9.17, 15) is 18.8 Å². The highest BCUT2D eigenvalue weighted by Gasteiger charge is 2.39. The van der Waals surface area contributed by atoms with E-state index in [-0.39, 0.29) is 24.5 Å². The number of esters is 1. The predicted molar refractivity (Wildman–Crippen MR) is 93.6 cm³/mol. The molecule has 1 unspecified atom stereocenters. The quantitative estimate of drug-likeness (QED) is 0.536. The summed E-state index contributed by atoms with van der Waals surface area (Å²) in [6.45, 7) is 0.472. The van der Waals surface area contributed by atoms with E-state index in [4.69, 9.17) is 9.47 Å². The first-order valence-corrected chi connectivity index (χ1v) is 8.26. The molecule has 0 saturated carbocycles. The van der Waals surface area contributed by atoms with Crippen LogP contribution in [-0.2, 0) is 14.3 Å². The van der Waals surface area contributed by atoms with Crippen LogP contribution in [-0.4, -0.2) is 38.6 Å². The van der Waals surface area contributed by atoms with E-state index < -0.39 is 24.4 Å². The maximum absolute atomic E-state index is 12.8.